The van der Waals surface area contributed by atoms with Crippen LogP contribution in [-0.4, -0.2) is 28.2 Å². The molecule has 2 rings (SSSR count). The molecule has 0 saturated heterocycles. The average Bonchev–Trinajstić information content (AvgIpc) is 2.84. The van der Waals surface area contributed by atoms with Crippen LogP contribution in [0.2, 0.25) is 0 Å². The highest BCUT2D eigenvalue weighted by atomic mass is 16.5. The quantitative estimate of drug-likeness (QED) is 0.893. The van der Waals surface area contributed by atoms with Crippen LogP contribution in [0.3, 0.4) is 0 Å². The average molecular weight is 260 g/mol. The van der Waals surface area contributed by atoms with E-state index in [-0.39, 0.29) is 0 Å². The first-order valence-electron chi connectivity index (χ1n) is 6.53. The van der Waals surface area contributed by atoms with Crippen molar-refractivity contribution in [1.29, 1.82) is 0 Å². The Kier molecular flexibility index (Phi) is 4.27. The summed E-state index contributed by atoms with van der Waals surface area (Å²) in [5.41, 5.74) is 2.99. The fraction of sp³-hybridized carbons (Fsp3) is 0.500. The van der Waals surface area contributed by atoms with Gasteiger partial charge >= 0.3 is 0 Å². The minimum Gasteiger partial charge on any atom is -0.339 e. The second-order valence-corrected chi connectivity index (χ2v) is 4.92. The van der Waals surface area contributed by atoms with Crippen LogP contribution < -0.4 is 5.32 Å². The Balaban J connectivity index is 2.12. The molecule has 0 saturated carbocycles. The molecule has 0 radical (unpaired) electrons. The molecule has 0 amide bonds. The van der Waals surface area contributed by atoms with Crippen LogP contribution in [0.15, 0.2) is 16.8 Å². The Morgan fingerprint density at radius 1 is 1.37 bits per heavy atom. The van der Waals surface area contributed by atoms with Gasteiger partial charge in [-0.3, -0.25) is 4.98 Å². The van der Waals surface area contributed by atoms with E-state index in [0.29, 0.717) is 17.8 Å². The molecule has 5 nitrogen and oxygen atoms in total. The third-order valence-electron chi connectivity index (χ3n) is 3.18. The number of pyridine rings is 1. The molecule has 1 atom stereocenters. The number of hydrogen-bond donors (Lipinski definition) is 1. The zero-order chi connectivity index (χ0) is 13.8. The van der Waals surface area contributed by atoms with Gasteiger partial charge < -0.3 is 9.84 Å². The topological polar surface area (TPSA) is 63.8 Å². The Labute approximate surface area is 113 Å². The van der Waals surface area contributed by atoms with Crippen LogP contribution in [0.1, 0.15) is 30.4 Å². The van der Waals surface area contributed by atoms with E-state index in [2.05, 4.69) is 33.4 Å². The molecule has 1 N–H and O–H groups in total. The van der Waals surface area contributed by atoms with Gasteiger partial charge in [-0.25, -0.2) is 0 Å². The Hall–Kier alpha value is -1.75. The molecule has 2 aromatic heterocycles. The van der Waals surface area contributed by atoms with Crippen LogP contribution in [-0.2, 0) is 6.42 Å². The summed E-state index contributed by atoms with van der Waals surface area (Å²) in [7, 11) is 1.95. The largest absolute Gasteiger partial charge is 0.339 e. The molecule has 5 heteroatoms. The molecule has 0 fully saturated rings. The zero-order valence-electron chi connectivity index (χ0n) is 11.9. The third-order valence-corrected chi connectivity index (χ3v) is 3.18. The number of aryl methyl sites for hydroxylation is 3. The zero-order valence-corrected chi connectivity index (χ0v) is 11.9. The lowest BCUT2D eigenvalue weighted by atomic mass is 10.1. The second kappa shape index (κ2) is 5.93. The maximum atomic E-state index is 5.27. The molecule has 0 aliphatic heterocycles. The van der Waals surface area contributed by atoms with Gasteiger partial charge in [-0.05, 0) is 45.4 Å². The van der Waals surface area contributed by atoms with Crippen LogP contribution in [0, 0.1) is 13.8 Å². The highest BCUT2D eigenvalue weighted by Gasteiger charge is 2.12. The summed E-state index contributed by atoms with van der Waals surface area (Å²) >= 11 is 0. The van der Waals surface area contributed by atoms with Crippen LogP contribution in [0.25, 0.3) is 11.5 Å². The van der Waals surface area contributed by atoms with E-state index >= 15 is 0 Å². The summed E-state index contributed by atoms with van der Waals surface area (Å²) < 4.78 is 5.27. The van der Waals surface area contributed by atoms with E-state index in [9.17, 15) is 0 Å². The van der Waals surface area contributed by atoms with E-state index in [4.69, 9.17) is 4.52 Å². The highest BCUT2D eigenvalue weighted by Crippen LogP contribution is 2.18. The third kappa shape index (κ3) is 3.38. The van der Waals surface area contributed by atoms with Crippen LogP contribution in [0.5, 0.6) is 0 Å². The van der Waals surface area contributed by atoms with Crippen molar-refractivity contribution in [2.45, 2.75) is 39.7 Å². The van der Waals surface area contributed by atoms with Crippen molar-refractivity contribution in [3.8, 4) is 11.5 Å². The number of aromatic nitrogens is 3. The molecular weight excluding hydrogens is 240 g/mol. The monoisotopic (exact) mass is 260 g/mol. The first-order chi connectivity index (χ1) is 9.10. The van der Waals surface area contributed by atoms with Gasteiger partial charge in [0.05, 0.1) is 0 Å². The second-order valence-electron chi connectivity index (χ2n) is 4.92. The van der Waals surface area contributed by atoms with Gasteiger partial charge in [0.2, 0.25) is 11.7 Å². The predicted molar refractivity (Wildman–Crippen MR) is 73.8 cm³/mol. The summed E-state index contributed by atoms with van der Waals surface area (Å²) in [5, 5.41) is 7.20. The van der Waals surface area contributed by atoms with E-state index in [0.717, 1.165) is 29.7 Å². The minimum atomic E-state index is 0.439. The number of nitrogens with zero attached hydrogens (tertiary/aromatic N) is 3. The number of hydrogen-bond acceptors (Lipinski definition) is 5. The van der Waals surface area contributed by atoms with Crippen molar-refractivity contribution in [3.05, 3.63) is 29.3 Å². The maximum absolute atomic E-state index is 5.27. The smallest absolute Gasteiger partial charge is 0.227 e. The normalized spacial score (nSPS) is 12.6. The van der Waals surface area contributed by atoms with Crippen molar-refractivity contribution in [1.82, 2.24) is 20.4 Å². The van der Waals surface area contributed by atoms with Gasteiger partial charge in [-0.1, -0.05) is 11.2 Å². The summed E-state index contributed by atoms with van der Waals surface area (Å²) in [5.74, 6) is 1.24. The van der Waals surface area contributed by atoms with Gasteiger partial charge in [-0.2, -0.15) is 4.98 Å². The summed E-state index contributed by atoms with van der Waals surface area (Å²) in [6.45, 7) is 6.15. The van der Waals surface area contributed by atoms with Gasteiger partial charge in [0.15, 0.2) is 0 Å². The molecule has 19 heavy (non-hydrogen) atoms. The standard InChI is InChI=1S/C14H20N4O/c1-9-7-10(2)13(16-8-9)14-17-12(19-18-14)6-5-11(3)15-4/h7-8,11,15H,5-6H2,1-4H3. The van der Waals surface area contributed by atoms with E-state index in [1.54, 1.807) is 0 Å². The summed E-state index contributed by atoms with van der Waals surface area (Å²) in [6.07, 6.45) is 3.57. The molecular formula is C14H20N4O. The summed E-state index contributed by atoms with van der Waals surface area (Å²) in [6, 6.07) is 2.51. The summed E-state index contributed by atoms with van der Waals surface area (Å²) in [4.78, 5) is 8.78. The van der Waals surface area contributed by atoms with Gasteiger partial charge in [-0.15, -0.1) is 0 Å². The van der Waals surface area contributed by atoms with Gasteiger partial charge in [0, 0.05) is 18.7 Å². The molecule has 2 heterocycles. The van der Waals surface area contributed by atoms with Crippen LogP contribution in [0.4, 0.5) is 0 Å². The molecule has 2 aromatic rings. The number of rotatable bonds is 5. The lowest BCUT2D eigenvalue weighted by molar-refractivity contribution is 0.369. The van der Waals surface area contributed by atoms with E-state index < -0.39 is 0 Å². The van der Waals surface area contributed by atoms with E-state index in [1.807, 2.05) is 27.1 Å². The Morgan fingerprint density at radius 3 is 2.84 bits per heavy atom. The molecule has 0 spiro atoms. The molecule has 0 aromatic carbocycles. The first kappa shape index (κ1) is 13.7. The first-order valence-corrected chi connectivity index (χ1v) is 6.53. The minimum absolute atomic E-state index is 0.439. The Morgan fingerprint density at radius 2 is 2.16 bits per heavy atom. The lowest BCUT2D eigenvalue weighted by Gasteiger charge is -2.06. The van der Waals surface area contributed by atoms with E-state index in [1.165, 1.54) is 0 Å². The Bertz CT molecular complexity index is 550. The van der Waals surface area contributed by atoms with Crippen LogP contribution >= 0.6 is 0 Å². The maximum Gasteiger partial charge on any atom is 0.227 e. The SMILES string of the molecule is CNC(C)CCc1nc(-c2ncc(C)cc2C)no1. The molecule has 102 valence electrons. The fourth-order valence-electron chi connectivity index (χ4n) is 1.89. The fourth-order valence-corrected chi connectivity index (χ4v) is 1.89. The highest BCUT2D eigenvalue weighted by molar-refractivity contribution is 5.53. The van der Waals surface area contributed by atoms with Crippen molar-refractivity contribution in [2.24, 2.45) is 0 Å². The van der Waals surface area contributed by atoms with Gasteiger partial charge in [0.1, 0.15) is 5.69 Å². The van der Waals surface area contributed by atoms with Crippen molar-refractivity contribution in [2.75, 3.05) is 7.05 Å². The van der Waals surface area contributed by atoms with Gasteiger partial charge in [0.25, 0.3) is 0 Å². The van der Waals surface area contributed by atoms with Crippen molar-refractivity contribution >= 4 is 0 Å². The molecule has 1 unspecified atom stereocenters. The van der Waals surface area contributed by atoms with Crippen molar-refractivity contribution < 1.29 is 4.52 Å². The molecule has 0 aliphatic rings. The number of nitrogens with one attached hydrogen (secondary N) is 1. The molecule has 0 aliphatic carbocycles. The molecule has 0 bridgehead atoms. The predicted octanol–water partition coefficient (Wildman–Crippen LogP) is 2.29. The lowest BCUT2D eigenvalue weighted by Crippen LogP contribution is -2.21. The van der Waals surface area contributed by atoms with Crippen molar-refractivity contribution in [3.63, 3.8) is 0 Å².